The first kappa shape index (κ1) is 22.7. The van der Waals surface area contributed by atoms with Crippen LogP contribution in [0.4, 0.5) is 0 Å². The van der Waals surface area contributed by atoms with Crippen LogP contribution < -0.4 is 10.1 Å². The zero-order valence-corrected chi connectivity index (χ0v) is 17.9. The van der Waals surface area contributed by atoms with Crippen molar-refractivity contribution in [1.29, 1.82) is 0 Å². The highest BCUT2D eigenvalue weighted by Gasteiger charge is 2.26. The average Bonchev–Trinajstić information content (AvgIpc) is 2.82. The molecule has 0 aliphatic carbocycles. The number of carbonyl (C=O) groups excluding carboxylic acids is 2. The summed E-state index contributed by atoms with van der Waals surface area (Å²) < 4.78 is 41.9. The van der Waals surface area contributed by atoms with Crippen LogP contribution in [0.2, 0.25) is 0 Å². The molecule has 1 N–H and O–H groups in total. The third kappa shape index (κ3) is 6.03. The van der Waals surface area contributed by atoms with Gasteiger partial charge < -0.3 is 19.5 Å². The number of benzene rings is 2. The highest BCUT2D eigenvalue weighted by molar-refractivity contribution is 7.89. The first-order valence-corrected chi connectivity index (χ1v) is 11.1. The molecule has 2 aromatic rings. The lowest BCUT2D eigenvalue weighted by atomic mass is 10.2. The number of esters is 1. The van der Waals surface area contributed by atoms with Crippen LogP contribution in [0.3, 0.4) is 0 Å². The van der Waals surface area contributed by atoms with Crippen LogP contribution in [0, 0.1) is 0 Å². The van der Waals surface area contributed by atoms with E-state index in [9.17, 15) is 18.0 Å². The van der Waals surface area contributed by atoms with E-state index in [-0.39, 0.29) is 24.0 Å². The van der Waals surface area contributed by atoms with Crippen molar-refractivity contribution in [1.82, 2.24) is 9.62 Å². The summed E-state index contributed by atoms with van der Waals surface area (Å²) in [7, 11) is -2.26. The van der Waals surface area contributed by atoms with E-state index in [4.69, 9.17) is 9.47 Å². The van der Waals surface area contributed by atoms with E-state index in [1.807, 2.05) is 0 Å². The van der Waals surface area contributed by atoms with E-state index in [2.05, 4.69) is 10.1 Å². The van der Waals surface area contributed by atoms with Gasteiger partial charge >= 0.3 is 5.97 Å². The third-order valence-corrected chi connectivity index (χ3v) is 6.56. The van der Waals surface area contributed by atoms with E-state index in [1.165, 1.54) is 29.6 Å². The highest BCUT2D eigenvalue weighted by atomic mass is 32.2. The van der Waals surface area contributed by atoms with E-state index in [0.717, 1.165) is 5.56 Å². The molecule has 166 valence electrons. The minimum atomic E-state index is -3.55. The van der Waals surface area contributed by atoms with Crippen molar-refractivity contribution in [2.45, 2.75) is 11.4 Å². The summed E-state index contributed by atoms with van der Waals surface area (Å²) >= 11 is 0. The molecule has 10 heteroatoms. The van der Waals surface area contributed by atoms with Crippen molar-refractivity contribution in [3.8, 4) is 5.75 Å². The second-order valence-electron chi connectivity index (χ2n) is 6.75. The van der Waals surface area contributed by atoms with Gasteiger partial charge in [0.2, 0.25) is 10.0 Å². The van der Waals surface area contributed by atoms with Crippen LogP contribution in [0.25, 0.3) is 0 Å². The smallest absolute Gasteiger partial charge is 0.337 e. The number of carbonyl (C=O) groups is 2. The lowest BCUT2D eigenvalue weighted by Crippen LogP contribution is -2.40. The molecule has 0 unspecified atom stereocenters. The zero-order valence-electron chi connectivity index (χ0n) is 17.1. The average molecular weight is 448 g/mol. The Labute approximate surface area is 181 Å². The van der Waals surface area contributed by atoms with Crippen molar-refractivity contribution in [2.24, 2.45) is 0 Å². The summed E-state index contributed by atoms with van der Waals surface area (Å²) in [5.41, 5.74) is 1.08. The molecule has 1 heterocycles. The van der Waals surface area contributed by atoms with Gasteiger partial charge in [-0.05, 0) is 35.9 Å². The second-order valence-corrected chi connectivity index (χ2v) is 8.68. The normalized spacial score (nSPS) is 14.6. The Kier molecular flexibility index (Phi) is 7.61. The van der Waals surface area contributed by atoms with Crippen molar-refractivity contribution < 1.29 is 32.2 Å². The Bertz CT molecular complexity index is 1020. The SMILES string of the molecule is COC(=O)c1cccc(OCC(=O)NCc2ccc(S(=O)(=O)N3CCOCC3)cc2)c1. The fourth-order valence-corrected chi connectivity index (χ4v) is 4.35. The number of morpholine rings is 1. The number of hydrogen-bond donors (Lipinski definition) is 1. The van der Waals surface area contributed by atoms with Gasteiger partial charge in [0.15, 0.2) is 6.61 Å². The molecule has 2 aromatic carbocycles. The van der Waals surface area contributed by atoms with Gasteiger partial charge in [-0.25, -0.2) is 13.2 Å². The molecule has 3 rings (SSSR count). The first-order chi connectivity index (χ1) is 14.9. The van der Waals surface area contributed by atoms with Crippen LogP contribution in [-0.2, 0) is 30.8 Å². The Morgan fingerprint density at radius 1 is 1.10 bits per heavy atom. The molecule has 0 spiro atoms. The van der Waals surface area contributed by atoms with E-state index in [0.29, 0.717) is 37.6 Å². The molecular formula is C21H24N2O7S. The third-order valence-electron chi connectivity index (χ3n) is 4.65. The van der Waals surface area contributed by atoms with Gasteiger partial charge in [0.25, 0.3) is 5.91 Å². The standard InChI is InChI=1S/C21H24N2O7S/c1-28-21(25)17-3-2-4-18(13-17)30-15-20(24)22-14-16-5-7-19(8-6-16)31(26,27)23-9-11-29-12-10-23/h2-8,13H,9-12,14-15H2,1H3,(H,22,24). The number of methoxy groups -OCH3 is 1. The predicted molar refractivity (Wildman–Crippen MR) is 111 cm³/mol. The summed E-state index contributed by atoms with van der Waals surface area (Å²) in [6.07, 6.45) is 0. The first-order valence-electron chi connectivity index (χ1n) is 9.65. The number of ether oxygens (including phenoxy) is 3. The molecule has 0 bridgehead atoms. The summed E-state index contributed by atoms with van der Waals surface area (Å²) in [6.45, 7) is 1.44. The number of nitrogens with zero attached hydrogens (tertiary/aromatic N) is 1. The van der Waals surface area contributed by atoms with Crippen LogP contribution in [0.5, 0.6) is 5.75 Å². The van der Waals surface area contributed by atoms with Gasteiger partial charge in [-0.3, -0.25) is 4.79 Å². The van der Waals surface area contributed by atoms with Gasteiger partial charge in [0, 0.05) is 19.6 Å². The Morgan fingerprint density at radius 2 is 1.81 bits per heavy atom. The van der Waals surface area contributed by atoms with Crippen molar-refractivity contribution in [3.05, 3.63) is 59.7 Å². The minimum Gasteiger partial charge on any atom is -0.484 e. The van der Waals surface area contributed by atoms with Gasteiger partial charge in [0.05, 0.1) is 30.8 Å². The monoisotopic (exact) mass is 448 g/mol. The highest BCUT2D eigenvalue weighted by Crippen LogP contribution is 2.18. The van der Waals surface area contributed by atoms with Crippen molar-refractivity contribution in [2.75, 3.05) is 40.0 Å². The van der Waals surface area contributed by atoms with Crippen molar-refractivity contribution in [3.63, 3.8) is 0 Å². The largest absolute Gasteiger partial charge is 0.484 e. The van der Waals surface area contributed by atoms with E-state index < -0.39 is 16.0 Å². The quantitative estimate of drug-likeness (QED) is 0.604. The number of hydrogen-bond acceptors (Lipinski definition) is 7. The number of nitrogens with one attached hydrogen (secondary N) is 1. The molecule has 0 atom stereocenters. The molecular weight excluding hydrogens is 424 g/mol. The fraction of sp³-hybridized carbons (Fsp3) is 0.333. The maximum Gasteiger partial charge on any atom is 0.337 e. The summed E-state index contributed by atoms with van der Waals surface area (Å²) in [5, 5.41) is 2.71. The molecule has 1 aliphatic heterocycles. The molecule has 9 nitrogen and oxygen atoms in total. The number of amides is 1. The maximum absolute atomic E-state index is 12.6. The van der Waals surface area contributed by atoms with E-state index in [1.54, 1.807) is 30.3 Å². The molecule has 31 heavy (non-hydrogen) atoms. The van der Waals surface area contributed by atoms with Crippen molar-refractivity contribution >= 4 is 21.9 Å². The Hall–Kier alpha value is -2.95. The summed E-state index contributed by atoms with van der Waals surface area (Å²) in [4.78, 5) is 23.8. The van der Waals surface area contributed by atoms with Gasteiger partial charge in [0.1, 0.15) is 5.75 Å². The molecule has 0 saturated carbocycles. The fourth-order valence-electron chi connectivity index (χ4n) is 2.95. The lowest BCUT2D eigenvalue weighted by Gasteiger charge is -2.26. The van der Waals surface area contributed by atoms with Crippen LogP contribution in [0.15, 0.2) is 53.4 Å². The molecule has 1 aliphatic rings. The van der Waals surface area contributed by atoms with Gasteiger partial charge in [-0.15, -0.1) is 0 Å². The molecule has 1 amide bonds. The molecule has 1 fully saturated rings. The molecule has 1 saturated heterocycles. The number of rotatable bonds is 8. The zero-order chi connectivity index (χ0) is 22.3. The molecule has 0 radical (unpaired) electrons. The Balaban J connectivity index is 1.50. The van der Waals surface area contributed by atoms with Crippen LogP contribution in [0.1, 0.15) is 15.9 Å². The molecule has 0 aromatic heterocycles. The maximum atomic E-state index is 12.6. The summed E-state index contributed by atoms with van der Waals surface area (Å²) in [5.74, 6) is -0.474. The topological polar surface area (TPSA) is 111 Å². The van der Waals surface area contributed by atoms with Gasteiger partial charge in [-0.2, -0.15) is 4.31 Å². The van der Waals surface area contributed by atoms with Crippen LogP contribution >= 0.6 is 0 Å². The van der Waals surface area contributed by atoms with Gasteiger partial charge in [-0.1, -0.05) is 18.2 Å². The minimum absolute atomic E-state index is 0.207. The summed E-state index contributed by atoms with van der Waals surface area (Å²) in [6, 6.07) is 12.7. The lowest BCUT2D eigenvalue weighted by molar-refractivity contribution is -0.123. The van der Waals surface area contributed by atoms with Crippen LogP contribution in [-0.4, -0.2) is 64.6 Å². The second kappa shape index (κ2) is 10.4. The number of sulfonamides is 1. The van der Waals surface area contributed by atoms with E-state index >= 15 is 0 Å². The predicted octanol–water partition coefficient (Wildman–Crippen LogP) is 1.19. The Morgan fingerprint density at radius 3 is 2.48 bits per heavy atom.